The zero-order valence-corrected chi connectivity index (χ0v) is 13.3. The van der Waals surface area contributed by atoms with Crippen LogP contribution in [0, 0.1) is 0 Å². The molecule has 110 valence electrons. The van der Waals surface area contributed by atoms with Crippen molar-refractivity contribution in [1.82, 2.24) is 0 Å². The first kappa shape index (κ1) is 15.6. The molecule has 1 aromatic rings. The molecule has 0 saturated carbocycles. The first-order valence-corrected chi connectivity index (χ1v) is 7.49. The minimum atomic E-state index is -4.74. The lowest BCUT2D eigenvalue weighted by atomic mass is 10.1. The summed E-state index contributed by atoms with van der Waals surface area (Å²) in [4.78, 5) is 13.3. The molecular weight excluding hydrogens is 407 g/mol. The van der Waals surface area contributed by atoms with Crippen LogP contribution in [0.15, 0.2) is 22.7 Å². The molecule has 0 radical (unpaired) electrons. The Kier molecular flexibility index (Phi) is 4.63. The molecule has 1 unspecified atom stereocenters. The van der Waals surface area contributed by atoms with Gasteiger partial charge in [-0.05, 0) is 47.0 Å². The third-order valence-corrected chi connectivity index (χ3v) is 4.30. The molecule has 1 atom stereocenters. The van der Waals surface area contributed by atoms with Gasteiger partial charge in [0.2, 0.25) is 5.91 Å². The summed E-state index contributed by atoms with van der Waals surface area (Å²) in [6.45, 7) is 0.548. The number of halogens is 5. The Morgan fingerprint density at radius 2 is 2.05 bits per heavy atom. The molecule has 0 aliphatic carbocycles. The third-order valence-electron chi connectivity index (χ3n) is 2.83. The van der Waals surface area contributed by atoms with Gasteiger partial charge in [-0.15, -0.1) is 13.2 Å². The van der Waals surface area contributed by atoms with E-state index in [-0.39, 0.29) is 21.0 Å². The SMILES string of the molecule is O=C1C(Br)CCCN1c1ccc(OC(F)(F)F)c(Br)c1. The van der Waals surface area contributed by atoms with Gasteiger partial charge in [0.05, 0.1) is 9.30 Å². The second-order valence-electron chi connectivity index (χ2n) is 4.26. The Morgan fingerprint density at radius 1 is 1.35 bits per heavy atom. The number of piperidine rings is 1. The van der Waals surface area contributed by atoms with Crippen molar-refractivity contribution in [2.24, 2.45) is 0 Å². The van der Waals surface area contributed by atoms with Crippen molar-refractivity contribution in [3.8, 4) is 5.75 Å². The van der Waals surface area contributed by atoms with Gasteiger partial charge in [0, 0.05) is 12.2 Å². The van der Waals surface area contributed by atoms with E-state index >= 15 is 0 Å². The Morgan fingerprint density at radius 3 is 2.65 bits per heavy atom. The standard InChI is InChI=1S/C12H10Br2F3NO2/c13-8-2-1-5-18(11(8)19)7-3-4-10(9(14)6-7)20-12(15,16)17/h3-4,6,8H,1-2,5H2. The van der Waals surface area contributed by atoms with Crippen LogP contribution in [0.25, 0.3) is 0 Å². The average Bonchev–Trinajstić information content (AvgIpc) is 2.34. The van der Waals surface area contributed by atoms with Gasteiger partial charge in [-0.2, -0.15) is 0 Å². The largest absolute Gasteiger partial charge is 0.573 e. The number of benzene rings is 1. The molecule has 0 N–H and O–H groups in total. The number of nitrogens with zero attached hydrogens (tertiary/aromatic N) is 1. The molecular formula is C12H10Br2F3NO2. The molecule has 20 heavy (non-hydrogen) atoms. The molecule has 1 saturated heterocycles. The number of hydrogen-bond donors (Lipinski definition) is 0. The highest BCUT2D eigenvalue weighted by atomic mass is 79.9. The summed E-state index contributed by atoms with van der Waals surface area (Å²) >= 11 is 6.31. The minimum Gasteiger partial charge on any atom is -0.405 e. The van der Waals surface area contributed by atoms with Crippen molar-refractivity contribution < 1.29 is 22.7 Å². The Balaban J connectivity index is 2.22. The van der Waals surface area contributed by atoms with Gasteiger partial charge in [0.25, 0.3) is 0 Å². The van der Waals surface area contributed by atoms with E-state index in [1.807, 2.05) is 0 Å². The summed E-state index contributed by atoms with van der Waals surface area (Å²) in [5, 5.41) is 0. The number of ether oxygens (including phenoxy) is 1. The maximum atomic E-state index is 12.2. The fourth-order valence-electron chi connectivity index (χ4n) is 1.95. The summed E-state index contributed by atoms with van der Waals surface area (Å²) in [5.74, 6) is -0.422. The summed E-state index contributed by atoms with van der Waals surface area (Å²) in [6, 6.07) is 4.08. The number of carbonyl (C=O) groups is 1. The van der Waals surface area contributed by atoms with Crippen LogP contribution in [0.4, 0.5) is 18.9 Å². The van der Waals surface area contributed by atoms with Gasteiger partial charge in [-0.25, -0.2) is 0 Å². The van der Waals surface area contributed by atoms with E-state index in [1.54, 1.807) is 4.90 Å². The monoisotopic (exact) mass is 415 g/mol. The van der Waals surface area contributed by atoms with Gasteiger partial charge >= 0.3 is 6.36 Å². The highest BCUT2D eigenvalue weighted by molar-refractivity contribution is 9.10. The van der Waals surface area contributed by atoms with Crippen molar-refractivity contribution in [1.29, 1.82) is 0 Å². The molecule has 3 nitrogen and oxygen atoms in total. The van der Waals surface area contributed by atoms with E-state index in [1.165, 1.54) is 18.2 Å². The highest BCUT2D eigenvalue weighted by Gasteiger charge is 2.32. The summed E-state index contributed by atoms with van der Waals surface area (Å²) in [6.07, 6.45) is -3.15. The first-order valence-electron chi connectivity index (χ1n) is 5.78. The lowest BCUT2D eigenvalue weighted by Crippen LogP contribution is -2.41. The lowest BCUT2D eigenvalue weighted by molar-refractivity contribution is -0.274. The van der Waals surface area contributed by atoms with Crippen molar-refractivity contribution in [3.63, 3.8) is 0 Å². The van der Waals surface area contributed by atoms with E-state index in [0.29, 0.717) is 12.2 Å². The predicted molar refractivity (Wildman–Crippen MR) is 75.1 cm³/mol. The number of alkyl halides is 4. The Hall–Kier alpha value is -0.760. The summed E-state index contributed by atoms with van der Waals surface area (Å²) < 4.78 is 40.5. The van der Waals surface area contributed by atoms with Crippen molar-refractivity contribution in [2.75, 3.05) is 11.4 Å². The van der Waals surface area contributed by atoms with Gasteiger partial charge in [0.1, 0.15) is 5.75 Å². The normalized spacial score (nSPS) is 20.1. The Labute approximate surface area is 130 Å². The topological polar surface area (TPSA) is 29.5 Å². The Bertz CT molecular complexity index is 522. The molecule has 1 aliphatic heterocycles. The van der Waals surface area contributed by atoms with Crippen LogP contribution in [0.3, 0.4) is 0 Å². The fourth-order valence-corrected chi connectivity index (χ4v) is 2.97. The molecule has 0 aromatic heterocycles. The van der Waals surface area contributed by atoms with E-state index in [2.05, 4.69) is 36.6 Å². The van der Waals surface area contributed by atoms with Gasteiger partial charge < -0.3 is 9.64 Å². The van der Waals surface area contributed by atoms with Gasteiger partial charge in [0.15, 0.2) is 0 Å². The molecule has 8 heteroatoms. The molecule has 0 spiro atoms. The molecule has 0 bridgehead atoms. The molecule has 1 aliphatic rings. The van der Waals surface area contributed by atoms with Gasteiger partial charge in [-0.3, -0.25) is 4.79 Å². The van der Waals surface area contributed by atoms with Crippen LogP contribution in [0.5, 0.6) is 5.75 Å². The summed E-state index contributed by atoms with van der Waals surface area (Å²) in [7, 11) is 0. The van der Waals surface area contributed by atoms with Crippen molar-refractivity contribution >= 4 is 43.5 Å². The second kappa shape index (κ2) is 5.93. The van der Waals surface area contributed by atoms with E-state index in [9.17, 15) is 18.0 Å². The molecule has 1 heterocycles. The van der Waals surface area contributed by atoms with Crippen LogP contribution in [-0.4, -0.2) is 23.6 Å². The van der Waals surface area contributed by atoms with Crippen LogP contribution in [-0.2, 0) is 4.79 Å². The van der Waals surface area contributed by atoms with E-state index in [0.717, 1.165) is 12.8 Å². The third kappa shape index (κ3) is 3.66. The summed E-state index contributed by atoms with van der Waals surface area (Å²) in [5.41, 5.74) is 0.542. The molecule has 2 rings (SSSR count). The number of carbonyl (C=O) groups excluding carboxylic acids is 1. The van der Waals surface area contributed by atoms with E-state index < -0.39 is 6.36 Å². The molecule has 1 aromatic carbocycles. The predicted octanol–water partition coefficient (Wildman–Crippen LogP) is 4.24. The number of anilines is 1. The minimum absolute atomic E-state index is 0.0901. The number of hydrogen-bond acceptors (Lipinski definition) is 2. The van der Waals surface area contributed by atoms with Crippen LogP contribution >= 0.6 is 31.9 Å². The second-order valence-corrected chi connectivity index (χ2v) is 6.22. The van der Waals surface area contributed by atoms with Gasteiger partial charge in [-0.1, -0.05) is 15.9 Å². The molecule has 1 fully saturated rings. The highest BCUT2D eigenvalue weighted by Crippen LogP contribution is 2.34. The maximum Gasteiger partial charge on any atom is 0.573 e. The number of amides is 1. The van der Waals surface area contributed by atoms with Crippen LogP contribution in [0.2, 0.25) is 0 Å². The van der Waals surface area contributed by atoms with E-state index in [4.69, 9.17) is 0 Å². The van der Waals surface area contributed by atoms with Crippen molar-refractivity contribution in [2.45, 2.75) is 24.0 Å². The zero-order chi connectivity index (χ0) is 14.9. The van der Waals surface area contributed by atoms with Crippen molar-refractivity contribution in [3.05, 3.63) is 22.7 Å². The maximum absolute atomic E-state index is 12.2. The fraction of sp³-hybridized carbons (Fsp3) is 0.417. The number of rotatable bonds is 2. The zero-order valence-electron chi connectivity index (χ0n) is 10.1. The quantitative estimate of drug-likeness (QED) is 0.675. The molecule has 1 amide bonds. The smallest absolute Gasteiger partial charge is 0.405 e. The average molecular weight is 417 g/mol. The van der Waals surface area contributed by atoms with Crippen LogP contribution in [0.1, 0.15) is 12.8 Å². The first-order chi connectivity index (χ1) is 9.28. The lowest BCUT2D eigenvalue weighted by Gasteiger charge is -2.30. The van der Waals surface area contributed by atoms with Crippen LogP contribution < -0.4 is 9.64 Å².